The molecule has 1 atom stereocenters. The molecule has 0 bridgehead atoms. The summed E-state index contributed by atoms with van der Waals surface area (Å²) in [7, 11) is 0. The zero-order valence-electron chi connectivity index (χ0n) is 8.86. The van der Waals surface area contributed by atoms with Crippen molar-refractivity contribution in [1.82, 2.24) is 0 Å². The summed E-state index contributed by atoms with van der Waals surface area (Å²) in [4.78, 5) is 10.3. The molecule has 0 radical (unpaired) electrons. The number of hydrogen-bond donors (Lipinski definition) is 1. The lowest BCUT2D eigenvalue weighted by Crippen LogP contribution is -2.36. The van der Waals surface area contributed by atoms with E-state index in [0.29, 0.717) is 0 Å². The number of nitrogens with zero attached hydrogens (tertiary/aromatic N) is 1. The van der Waals surface area contributed by atoms with Crippen molar-refractivity contribution in [2.45, 2.75) is 31.7 Å². The normalized spacial score (nSPS) is 22.5. The molecule has 1 aromatic rings. The van der Waals surface area contributed by atoms with Crippen LogP contribution in [0.25, 0.3) is 0 Å². The van der Waals surface area contributed by atoms with Crippen molar-refractivity contribution in [3.05, 3.63) is 39.4 Å². The van der Waals surface area contributed by atoms with E-state index in [2.05, 4.69) is 13.8 Å². The maximum Gasteiger partial charge on any atom is 0.269 e. The van der Waals surface area contributed by atoms with Crippen molar-refractivity contribution >= 4 is 5.69 Å². The van der Waals surface area contributed by atoms with Gasteiger partial charge in [-0.2, -0.15) is 0 Å². The van der Waals surface area contributed by atoms with Gasteiger partial charge < -0.3 is 5.73 Å². The molecule has 0 saturated heterocycles. The van der Waals surface area contributed by atoms with Gasteiger partial charge >= 0.3 is 0 Å². The van der Waals surface area contributed by atoms with E-state index >= 15 is 0 Å². The SMILES string of the molecule is CC1(C)c2ccc([N+](=O)[O-])cc2CC1N. The van der Waals surface area contributed by atoms with E-state index < -0.39 is 0 Å². The zero-order chi connectivity index (χ0) is 11.2. The average Bonchev–Trinajstić information content (AvgIpc) is 2.38. The highest BCUT2D eigenvalue weighted by Gasteiger charge is 2.37. The van der Waals surface area contributed by atoms with Crippen LogP contribution in [-0.2, 0) is 11.8 Å². The molecule has 2 N–H and O–H groups in total. The molecule has 0 amide bonds. The largest absolute Gasteiger partial charge is 0.327 e. The molecule has 0 fully saturated rings. The lowest BCUT2D eigenvalue weighted by Gasteiger charge is -2.24. The number of nitro groups is 1. The average molecular weight is 206 g/mol. The van der Waals surface area contributed by atoms with Crippen LogP contribution < -0.4 is 5.73 Å². The molecule has 1 aromatic carbocycles. The van der Waals surface area contributed by atoms with E-state index in [0.717, 1.165) is 17.5 Å². The van der Waals surface area contributed by atoms with Gasteiger partial charge in [-0.1, -0.05) is 19.9 Å². The Balaban J connectivity index is 2.51. The van der Waals surface area contributed by atoms with Gasteiger partial charge in [0.1, 0.15) is 0 Å². The van der Waals surface area contributed by atoms with Crippen LogP contribution in [0.3, 0.4) is 0 Å². The summed E-state index contributed by atoms with van der Waals surface area (Å²) in [6.07, 6.45) is 0.726. The second kappa shape index (κ2) is 3.03. The Morgan fingerprint density at radius 2 is 2.20 bits per heavy atom. The van der Waals surface area contributed by atoms with Crippen molar-refractivity contribution in [3.63, 3.8) is 0 Å². The fourth-order valence-corrected chi connectivity index (χ4v) is 2.18. The van der Waals surface area contributed by atoms with Crippen LogP contribution >= 0.6 is 0 Å². The summed E-state index contributed by atoms with van der Waals surface area (Å²) in [6, 6.07) is 5.08. The molecule has 80 valence electrons. The van der Waals surface area contributed by atoms with Crippen LogP contribution in [0, 0.1) is 10.1 Å². The van der Waals surface area contributed by atoms with E-state index in [9.17, 15) is 10.1 Å². The van der Waals surface area contributed by atoms with Gasteiger partial charge in [-0.05, 0) is 17.5 Å². The van der Waals surface area contributed by atoms with Crippen molar-refractivity contribution in [2.24, 2.45) is 5.73 Å². The standard InChI is InChI=1S/C11H14N2O2/c1-11(2)9-4-3-8(13(14)15)5-7(9)6-10(11)12/h3-5,10H,6,12H2,1-2H3. The molecule has 0 spiro atoms. The minimum absolute atomic E-state index is 0.0505. The zero-order valence-corrected chi connectivity index (χ0v) is 8.86. The van der Waals surface area contributed by atoms with Gasteiger partial charge in [0.15, 0.2) is 0 Å². The molecular weight excluding hydrogens is 192 g/mol. The maximum atomic E-state index is 10.6. The number of benzene rings is 1. The lowest BCUT2D eigenvalue weighted by molar-refractivity contribution is -0.384. The van der Waals surface area contributed by atoms with Gasteiger partial charge in [0.05, 0.1) is 4.92 Å². The van der Waals surface area contributed by atoms with Gasteiger partial charge in [0, 0.05) is 23.6 Å². The summed E-state index contributed by atoms with van der Waals surface area (Å²) in [6.45, 7) is 4.16. The van der Waals surface area contributed by atoms with E-state index in [-0.39, 0.29) is 22.1 Å². The van der Waals surface area contributed by atoms with E-state index in [1.165, 1.54) is 0 Å². The first kappa shape index (κ1) is 10.1. The molecule has 0 saturated carbocycles. The van der Waals surface area contributed by atoms with Gasteiger partial charge in [-0.15, -0.1) is 0 Å². The Labute approximate surface area is 88.2 Å². The number of nitro benzene ring substituents is 1. The number of fused-ring (bicyclic) bond motifs is 1. The molecule has 4 heteroatoms. The molecule has 1 unspecified atom stereocenters. The third kappa shape index (κ3) is 1.41. The minimum atomic E-state index is -0.364. The molecular formula is C11H14N2O2. The molecule has 4 nitrogen and oxygen atoms in total. The molecule has 0 aromatic heterocycles. The summed E-state index contributed by atoms with van der Waals surface area (Å²) in [5.74, 6) is 0. The minimum Gasteiger partial charge on any atom is -0.327 e. The van der Waals surface area contributed by atoms with E-state index in [4.69, 9.17) is 5.73 Å². The van der Waals surface area contributed by atoms with Gasteiger partial charge in [-0.3, -0.25) is 10.1 Å². The monoisotopic (exact) mass is 206 g/mol. The predicted molar refractivity (Wildman–Crippen MR) is 57.8 cm³/mol. The van der Waals surface area contributed by atoms with E-state index in [1.54, 1.807) is 12.1 Å². The number of hydrogen-bond acceptors (Lipinski definition) is 3. The molecule has 1 aliphatic carbocycles. The summed E-state index contributed by atoms with van der Waals surface area (Å²) < 4.78 is 0. The molecule has 0 heterocycles. The number of rotatable bonds is 1. The van der Waals surface area contributed by atoms with Crippen molar-refractivity contribution in [2.75, 3.05) is 0 Å². The highest BCUT2D eigenvalue weighted by Crippen LogP contribution is 2.38. The third-order valence-electron chi connectivity index (χ3n) is 3.36. The summed E-state index contributed by atoms with van der Waals surface area (Å²) in [5.41, 5.74) is 8.25. The van der Waals surface area contributed by atoms with Gasteiger partial charge in [0.25, 0.3) is 5.69 Å². The smallest absolute Gasteiger partial charge is 0.269 e. The summed E-state index contributed by atoms with van der Waals surface area (Å²) >= 11 is 0. The molecule has 0 aliphatic heterocycles. The Hall–Kier alpha value is -1.42. The Bertz CT molecular complexity index is 427. The highest BCUT2D eigenvalue weighted by molar-refractivity contribution is 5.47. The first-order valence-corrected chi connectivity index (χ1v) is 4.96. The fraction of sp³-hybridized carbons (Fsp3) is 0.455. The van der Waals surface area contributed by atoms with Crippen molar-refractivity contribution in [1.29, 1.82) is 0 Å². The van der Waals surface area contributed by atoms with Gasteiger partial charge in [-0.25, -0.2) is 0 Å². The van der Waals surface area contributed by atoms with Crippen LogP contribution in [0.15, 0.2) is 18.2 Å². The first-order chi connectivity index (χ1) is 6.93. The molecule has 1 aliphatic rings. The second-order valence-corrected chi connectivity index (χ2v) is 4.63. The number of nitrogens with two attached hydrogens (primary N) is 1. The van der Waals surface area contributed by atoms with Crippen LogP contribution in [0.5, 0.6) is 0 Å². The third-order valence-corrected chi connectivity index (χ3v) is 3.36. The van der Waals surface area contributed by atoms with Crippen LogP contribution in [0.4, 0.5) is 5.69 Å². The Morgan fingerprint density at radius 1 is 1.53 bits per heavy atom. The maximum absolute atomic E-state index is 10.6. The van der Waals surface area contributed by atoms with Crippen molar-refractivity contribution in [3.8, 4) is 0 Å². The second-order valence-electron chi connectivity index (χ2n) is 4.63. The fourth-order valence-electron chi connectivity index (χ4n) is 2.18. The number of non-ortho nitro benzene ring substituents is 1. The first-order valence-electron chi connectivity index (χ1n) is 4.96. The Morgan fingerprint density at radius 3 is 2.80 bits per heavy atom. The lowest BCUT2D eigenvalue weighted by atomic mass is 9.83. The topological polar surface area (TPSA) is 69.2 Å². The van der Waals surface area contributed by atoms with Crippen LogP contribution in [-0.4, -0.2) is 11.0 Å². The van der Waals surface area contributed by atoms with Crippen molar-refractivity contribution < 1.29 is 4.92 Å². The van der Waals surface area contributed by atoms with E-state index in [1.807, 2.05) is 6.07 Å². The van der Waals surface area contributed by atoms with Gasteiger partial charge in [0.2, 0.25) is 0 Å². The molecule has 15 heavy (non-hydrogen) atoms. The Kier molecular flexibility index (Phi) is 2.04. The quantitative estimate of drug-likeness (QED) is 0.562. The molecule has 2 rings (SSSR count). The predicted octanol–water partition coefficient (Wildman–Crippen LogP) is 1.76. The van der Waals surface area contributed by atoms with Crippen LogP contribution in [0.2, 0.25) is 0 Å². The highest BCUT2D eigenvalue weighted by atomic mass is 16.6. The summed E-state index contributed by atoms with van der Waals surface area (Å²) in [5, 5.41) is 10.6. The van der Waals surface area contributed by atoms with Crippen LogP contribution in [0.1, 0.15) is 25.0 Å².